The first-order valence-electron chi connectivity index (χ1n) is 5.35. The number of carbonyl (C=O) groups is 2. The van der Waals surface area contributed by atoms with Gasteiger partial charge in [0.1, 0.15) is 5.76 Å². The van der Waals surface area contributed by atoms with Crippen LogP contribution >= 0.6 is 0 Å². The van der Waals surface area contributed by atoms with Crippen LogP contribution in [0.5, 0.6) is 0 Å². The number of allylic oxidation sites excluding steroid dienone is 2. The standard InChI is InChI=1S/C13H14N2O3/c1-8(16)11-4-6-12(7-5-11)14-15-13(9(2)17)10(3)18/h4-7,17H,1-3H3/b13-9+,15-14?. The van der Waals surface area contributed by atoms with E-state index in [4.69, 9.17) is 0 Å². The van der Waals surface area contributed by atoms with E-state index >= 15 is 0 Å². The van der Waals surface area contributed by atoms with Gasteiger partial charge in [0.25, 0.3) is 0 Å². The van der Waals surface area contributed by atoms with E-state index < -0.39 is 0 Å². The highest BCUT2D eigenvalue weighted by Gasteiger charge is 2.06. The Morgan fingerprint density at radius 3 is 2.00 bits per heavy atom. The fraction of sp³-hybridized carbons (Fsp3) is 0.231. The quantitative estimate of drug-likeness (QED) is 0.383. The molecular formula is C13H14N2O3. The molecule has 0 unspecified atom stereocenters. The van der Waals surface area contributed by atoms with E-state index in [9.17, 15) is 14.7 Å². The van der Waals surface area contributed by atoms with E-state index in [2.05, 4.69) is 10.2 Å². The molecule has 1 N–H and O–H groups in total. The summed E-state index contributed by atoms with van der Waals surface area (Å²) in [5.74, 6) is -0.570. The van der Waals surface area contributed by atoms with E-state index in [0.717, 1.165) is 0 Å². The van der Waals surface area contributed by atoms with Crippen molar-refractivity contribution in [2.45, 2.75) is 20.8 Å². The Morgan fingerprint density at radius 1 is 1.06 bits per heavy atom. The summed E-state index contributed by atoms with van der Waals surface area (Å²) in [6, 6.07) is 6.48. The number of ketones is 2. The van der Waals surface area contributed by atoms with E-state index in [0.29, 0.717) is 11.3 Å². The maximum atomic E-state index is 11.1. The normalized spacial score (nSPS) is 12.4. The first-order chi connectivity index (χ1) is 8.41. The van der Waals surface area contributed by atoms with Crippen molar-refractivity contribution < 1.29 is 14.7 Å². The van der Waals surface area contributed by atoms with E-state index in [1.807, 2.05) is 0 Å². The van der Waals surface area contributed by atoms with Crippen LogP contribution in [0.2, 0.25) is 0 Å². The second-order valence-corrected chi connectivity index (χ2v) is 3.79. The molecule has 0 heterocycles. The zero-order valence-corrected chi connectivity index (χ0v) is 10.5. The second kappa shape index (κ2) is 5.86. The number of aliphatic hydroxyl groups is 1. The number of aliphatic hydroxyl groups excluding tert-OH is 1. The molecule has 0 aliphatic rings. The number of azo groups is 1. The largest absolute Gasteiger partial charge is 0.510 e. The maximum absolute atomic E-state index is 11.1. The van der Waals surface area contributed by atoms with Crippen LogP contribution in [0.3, 0.4) is 0 Å². The lowest BCUT2D eigenvalue weighted by Crippen LogP contribution is -1.96. The minimum absolute atomic E-state index is 0.0333. The van der Waals surface area contributed by atoms with Gasteiger partial charge in [0.15, 0.2) is 17.3 Å². The average Bonchev–Trinajstić information content (AvgIpc) is 2.28. The maximum Gasteiger partial charge on any atom is 0.183 e. The van der Waals surface area contributed by atoms with Crippen molar-refractivity contribution in [3.05, 3.63) is 41.3 Å². The molecule has 0 aliphatic heterocycles. The van der Waals surface area contributed by atoms with Crippen molar-refractivity contribution >= 4 is 17.3 Å². The number of hydrogen-bond acceptors (Lipinski definition) is 5. The summed E-state index contributed by atoms with van der Waals surface area (Å²) in [5.41, 5.74) is 1.00. The number of carbonyl (C=O) groups excluding carboxylic acids is 2. The summed E-state index contributed by atoms with van der Waals surface area (Å²) in [6.45, 7) is 4.14. The van der Waals surface area contributed by atoms with E-state index in [1.54, 1.807) is 24.3 Å². The van der Waals surface area contributed by atoms with Crippen LogP contribution in [0.4, 0.5) is 5.69 Å². The predicted octanol–water partition coefficient (Wildman–Crippen LogP) is 3.35. The molecule has 1 aromatic rings. The number of Topliss-reactive ketones (excluding diaryl/α,β-unsaturated/α-hetero) is 2. The van der Waals surface area contributed by atoms with Gasteiger partial charge in [-0.2, -0.15) is 5.11 Å². The third kappa shape index (κ3) is 3.62. The zero-order chi connectivity index (χ0) is 13.7. The highest BCUT2D eigenvalue weighted by molar-refractivity contribution is 5.94. The molecule has 0 amide bonds. The predicted molar refractivity (Wildman–Crippen MR) is 67.0 cm³/mol. The Hall–Kier alpha value is -2.30. The highest BCUT2D eigenvalue weighted by Crippen LogP contribution is 2.16. The first-order valence-corrected chi connectivity index (χ1v) is 5.35. The van der Waals surface area contributed by atoms with E-state index in [-0.39, 0.29) is 23.0 Å². The molecule has 0 bridgehead atoms. The van der Waals surface area contributed by atoms with Crippen LogP contribution in [0.25, 0.3) is 0 Å². The lowest BCUT2D eigenvalue weighted by molar-refractivity contribution is -0.113. The summed E-state index contributed by atoms with van der Waals surface area (Å²) >= 11 is 0. The molecule has 0 fully saturated rings. The van der Waals surface area contributed by atoms with Crippen molar-refractivity contribution in [1.29, 1.82) is 0 Å². The molecule has 1 aromatic carbocycles. The first kappa shape index (κ1) is 13.8. The Balaban J connectivity index is 2.94. The molecule has 0 saturated carbocycles. The molecular weight excluding hydrogens is 232 g/mol. The topological polar surface area (TPSA) is 79.1 Å². The summed E-state index contributed by atoms with van der Waals surface area (Å²) in [4.78, 5) is 22.2. The number of rotatable bonds is 4. The zero-order valence-electron chi connectivity index (χ0n) is 10.5. The van der Waals surface area contributed by atoms with Gasteiger partial charge in [-0.05, 0) is 38.1 Å². The van der Waals surface area contributed by atoms with Crippen molar-refractivity contribution in [2.24, 2.45) is 10.2 Å². The van der Waals surface area contributed by atoms with Crippen LogP contribution in [0, 0.1) is 0 Å². The van der Waals surface area contributed by atoms with Gasteiger partial charge in [-0.3, -0.25) is 9.59 Å². The molecule has 0 spiro atoms. The minimum atomic E-state index is -0.362. The van der Waals surface area contributed by atoms with Crippen molar-refractivity contribution in [1.82, 2.24) is 0 Å². The summed E-state index contributed by atoms with van der Waals surface area (Å²) in [7, 11) is 0. The monoisotopic (exact) mass is 246 g/mol. The van der Waals surface area contributed by atoms with Gasteiger partial charge in [0.05, 0.1) is 5.69 Å². The van der Waals surface area contributed by atoms with Crippen molar-refractivity contribution in [3.8, 4) is 0 Å². The van der Waals surface area contributed by atoms with Gasteiger partial charge in [0, 0.05) is 12.5 Å². The van der Waals surface area contributed by atoms with Crippen LogP contribution < -0.4 is 0 Å². The minimum Gasteiger partial charge on any atom is -0.510 e. The summed E-state index contributed by atoms with van der Waals surface area (Å²) in [6.07, 6.45) is 0. The molecule has 0 aromatic heterocycles. The second-order valence-electron chi connectivity index (χ2n) is 3.79. The third-order valence-electron chi connectivity index (χ3n) is 2.22. The lowest BCUT2D eigenvalue weighted by Gasteiger charge is -1.98. The van der Waals surface area contributed by atoms with Crippen LogP contribution in [-0.4, -0.2) is 16.7 Å². The number of nitrogens with zero attached hydrogens (tertiary/aromatic N) is 2. The smallest absolute Gasteiger partial charge is 0.183 e. The Kier molecular flexibility index (Phi) is 4.48. The highest BCUT2D eigenvalue weighted by atomic mass is 16.3. The summed E-state index contributed by atoms with van der Waals surface area (Å²) < 4.78 is 0. The number of hydrogen-bond donors (Lipinski definition) is 1. The van der Waals surface area contributed by atoms with Crippen molar-refractivity contribution in [3.63, 3.8) is 0 Å². The van der Waals surface area contributed by atoms with E-state index in [1.165, 1.54) is 20.8 Å². The van der Waals surface area contributed by atoms with Gasteiger partial charge in [-0.1, -0.05) is 0 Å². The van der Waals surface area contributed by atoms with Gasteiger partial charge in [0.2, 0.25) is 0 Å². The van der Waals surface area contributed by atoms with Gasteiger partial charge in [-0.15, -0.1) is 5.11 Å². The molecule has 1 rings (SSSR count). The molecule has 0 atom stereocenters. The molecule has 94 valence electrons. The van der Waals surface area contributed by atoms with Gasteiger partial charge < -0.3 is 5.11 Å². The number of benzene rings is 1. The third-order valence-corrected chi connectivity index (χ3v) is 2.22. The fourth-order valence-corrected chi connectivity index (χ4v) is 1.27. The molecule has 0 saturated heterocycles. The van der Waals surface area contributed by atoms with Crippen LogP contribution in [0.15, 0.2) is 46.0 Å². The SMILES string of the molecule is CC(=O)/C(N=Nc1ccc(C(C)=O)cc1)=C(/C)O. The van der Waals surface area contributed by atoms with Crippen LogP contribution in [0.1, 0.15) is 31.1 Å². The van der Waals surface area contributed by atoms with Crippen molar-refractivity contribution in [2.75, 3.05) is 0 Å². The van der Waals surface area contributed by atoms with Gasteiger partial charge in [-0.25, -0.2) is 0 Å². The fourth-order valence-electron chi connectivity index (χ4n) is 1.27. The van der Waals surface area contributed by atoms with Crippen LogP contribution in [-0.2, 0) is 4.79 Å². The lowest BCUT2D eigenvalue weighted by atomic mass is 10.1. The molecule has 5 heteroatoms. The average molecular weight is 246 g/mol. The Bertz CT molecular complexity index is 524. The molecule has 5 nitrogen and oxygen atoms in total. The Morgan fingerprint density at radius 2 is 1.61 bits per heavy atom. The Labute approximate surface area is 105 Å². The molecule has 0 aliphatic carbocycles. The van der Waals surface area contributed by atoms with Gasteiger partial charge >= 0.3 is 0 Å². The summed E-state index contributed by atoms with van der Waals surface area (Å²) in [5, 5.41) is 16.8. The molecule has 18 heavy (non-hydrogen) atoms. The molecule has 0 radical (unpaired) electrons.